The van der Waals surface area contributed by atoms with Gasteiger partial charge in [-0.2, -0.15) is 8.78 Å². The molecule has 2 bridgehead atoms. The highest BCUT2D eigenvalue weighted by Gasteiger charge is 2.44. The van der Waals surface area contributed by atoms with E-state index in [1.54, 1.807) is 31.2 Å². The molecule has 9 heteroatoms. The summed E-state index contributed by atoms with van der Waals surface area (Å²) in [6, 6.07) is 7.32. The fraction of sp³-hybridized carbons (Fsp3) is 0.355. The lowest BCUT2D eigenvalue weighted by Crippen LogP contribution is -2.46. The summed E-state index contributed by atoms with van der Waals surface area (Å²) in [6.07, 6.45) is 13.4. The van der Waals surface area contributed by atoms with Crippen LogP contribution in [0.25, 0.3) is 5.57 Å². The van der Waals surface area contributed by atoms with E-state index in [4.69, 9.17) is 19.4 Å². The van der Waals surface area contributed by atoms with Gasteiger partial charge in [0.25, 0.3) is 0 Å². The first-order chi connectivity index (χ1) is 19.3. The first kappa shape index (κ1) is 26.4. The molecule has 0 saturated carbocycles. The number of benzene rings is 1. The van der Waals surface area contributed by atoms with E-state index in [-0.39, 0.29) is 12.2 Å². The molecular weight excluding hydrogens is 514 g/mol. The zero-order valence-corrected chi connectivity index (χ0v) is 22.3. The van der Waals surface area contributed by atoms with Crippen LogP contribution in [-0.2, 0) is 4.74 Å². The Morgan fingerprint density at radius 3 is 2.52 bits per heavy atom. The Kier molecular flexibility index (Phi) is 6.80. The van der Waals surface area contributed by atoms with Gasteiger partial charge in [-0.15, -0.1) is 0 Å². The van der Waals surface area contributed by atoms with Crippen LogP contribution >= 0.6 is 0 Å². The van der Waals surface area contributed by atoms with E-state index in [0.717, 1.165) is 24.0 Å². The molecule has 208 valence electrons. The normalized spacial score (nSPS) is 28.0. The van der Waals surface area contributed by atoms with Crippen LogP contribution in [-0.4, -0.2) is 57.5 Å². The Bertz CT molecular complexity index is 1400. The molecule has 3 aliphatic heterocycles. The predicted octanol–water partition coefficient (Wildman–Crippen LogP) is 5.55. The summed E-state index contributed by atoms with van der Waals surface area (Å²) in [7, 11) is 0. The lowest BCUT2D eigenvalue weighted by atomic mass is 9.91. The number of hydrogen-bond acceptors (Lipinski definition) is 7. The van der Waals surface area contributed by atoms with Crippen LogP contribution in [0.1, 0.15) is 43.2 Å². The van der Waals surface area contributed by atoms with E-state index >= 15 is 0 Å². The van der Waals surface area contributed by atoms with Crippen molar-refractivity contribution in [3.05, 3.63) is 102 Å². The van der Waals surface area contributed by atoms with Crippen molar-refractivity contribution in [2.24, 2.45) is 0 Å². The van der Waals surface area contributed by atoms with Gasteiger partial charge in [0.05, 0.1) is 30.9 Å². The molecule has 0 radical (unpaired) electrons. The highest BCUT2D eigenvalue weighted by atomic mass is 19.3. The summed E-state index contributed by atoms with van der Waals surface area (Å²) in [5.41, 5.74) is 2.96. The number of rotatable bonds is 7. The second-order valence-electron chi connectivity index (χ2n) is 10.8. The Hall–Kier alpha value is -3.82. The van der Waals surface area contributed by atoms with Crippen molar-refractivity contribution in [3.8, 4) is 5.75 Å². The van der Waals surface area contributed by atoms with E-state index in [2.05, 4.69) is 18.1 Å². The summed E-state index contributed by atoms with van der Waals surface area (Å²) in [6.45, 7) is 8.32. The van der Waals surface area contributed by atoms with Crippen molar-refractivity contribution in [3.63, 3.8) is 0 Å². The predicted molar refractivity (Wildman–Crippen MR) is 149 cm³/mol. The van der Waals surface area contributed by atoms with Gasteiger partial charge in [-0.1, -0.05) is 43.5 Å². The van der Waals surface area contributed by atoms with Gasteiger partial charge in [-0.3, -0.25) is 0 Å². The zero-order chi connectivity index (χ0) is 28.0. The minimum Gasteiger partial charge on any atom is -0.435 e. The number of nitrogens with zero attached hydrogens (tertiary/aromatic N) is 4. The van der Waals surface area contributed by atoms with Gasteiger partial charge in [0.1, 0.15) is 5.75 Å². The lowest BCUT2D eigenvalue weighted by Gasteiger charge is -2.34. The number of para-hydroxylation sites is 1. The third-order valence-electron chi connectivity index (χ3n) is 8.24. The van der Waals surface area contributed by atoms with Crippen LogP contribution < -0.4 is 9.64 Å². The topological polar surface area (TPSA) is 71.0 Å². The number of hydrogen-bond donors (Lipinski definition) is 1. The molecule has 2 saturated heterocycles. The van der Waals surface area contributed by atoms with Crippen molar-refractivity contribution in [1.82, 2.24) is 14.9 Å². The van der Waals surface area contributed by atoms with Crippen molar-refractivity contribution in [2.75, 3.05) is 18.1 Å². The van der Waals surface area contributed by atoms with E-state index in [1.807, 2.05) is 35.6 Å². The van der Waals surface area contributed by atoms with Gasteiger partial charge in [-0.05, 0) is 38.3 Å². The number of aliphatic hydroxyl groups is 1. The van der Waals surface area contributed by atoms with Gasteiger partial charge in [0.15, 0.2) is 0 Å². The maximum atomic E-state index is 13.3. The van der Waals surface area contributed by atoms with Crippen LogP contribution in [0, 0.1) is 0 Å². The van der Waals surface area contributed by atoms with Gasteiger partial charge < -0.3 is 24.4 Å². The third-order valence-corrected chi connectivity index (χ3v) is 8.24. The van der Waals surface area contributed by atoms with E-state index in [0.29, 0.717) is 53.8 Å². The van der Waals surface area contributed by atoms with Gasteiger partial charge in [-0.25, -0.2) is 9.97 Å². The van der Waals surface area contributed by atoms with Crippen LogP contribution in [0.5, 0.6) is 5.75 Å². The summed E-state index contributed by atoms with van der Waals surface area (Å²) in [5.74, 6) is 0.332. The molecule has 4 unspecified atom stereocenters. The molecule has 2 aromatic rings. The molecule has 40 heavy (non-hydrogen) atoms. The number of morpholine rings is 1. The highest BCUT2D eigenvalue weighted by molar-refractivity contribution is 5.76. The van der Waals surface area contributed by atoms with Crippen molar-refractivity contribution < 1.29 is 23.4 Å². The van der Waals surface area contributed by atoms with Crippen molar-refractivity contribution in [2.45, 2.75) is 56.4 Å². The van der Waals surface area contributed by atoms with Crippen LogP contribution in [0.15, 0.2) is 91.2 Å². The minimum absolute atomic E-state index is 0.0737. The summed E-state index contributed by atoms with van der Waals surface area (Å²) < 4.78 is 37.1. The molecular formula is C31H32F2N4O3. The average molecular weight is 547 g/mol. The SMILES string of the molecule is C=CC1=C(N2C=C(c3cnc(N4C5CCC4COC5)nc3)C=CC2=C)C(c2ccccc2OC(F)F)CC1(C)O. The molecule has 4 heterocycles. The monoisotopic (exact) mass is 546 g/mol. The minimum atomic E-state index is -2.97. The molecule has 4 aliphatic rings. The first-order valence-corrected chi connectivity index (χ1v) is 13.5. The Labute approximate surface area is 232 Å². The molecule has 1 aliphatic carbocycles. The van der Waals surface area contributed by atoms with Gasteiger partial charge in [0.2, 0.25) is 5.95 Å². The van der Waals surface area contributed by atoms with Gasteiger partial charge in [0, 0.05) is 58.2 Å². The second kappa shape index (κ2) is 10.3. The quantitative estimate of drug-likeness (QED) is 0.488. The fourth-order valence-corrected chi connectivity index (χ4v) is 6.40. The summed E-state index contributed by atoms with van der Waals surface area (Å²) in [5, 5.41) is 11.4. The molecule has 4 atom stereocenters. The average Bonchev–Trinajstić information content (AvgIpc) is 3.35. The Balaban J connectivity index is 1.36. The summed E-state index contributed by atoms with van der Waals surface area (Å²) in [4.78, 5) is 13.6. The first-order valence-electron chi connectivity index (χ1n) is 13.5. The molecule has 1 N–H and O–H groups in total. The number of ether oxygens (including phenoxy) is 2. The maximum Gasteiger partial charge on any atom is 0.387 e. The molecule has 1 aromatic heterocycles. The lowest BCUT2D eigenvalue weighted by molar-refractivity contribution is -0.0506. The van der Waals surface area contributed by atoms with Crippen LogP contribution in [0.2, 0.25) is 0 Å². The second-order valence-corrected chi connectivity index (χ2v) is 10.8. The number of alkyl halides is 2. The summed E-state index contributed by atoms with van der Waals surface area (Å²) >= 11 is 0. The highest BCUT2D eigenvalue weighted by Crippen LogP contribution is 2.51. The van der Waals surface area contributed by atoms with Crippen molar-refractivity contribution >= 4 is 11.5 Å². The van der Waals surface area contributed by atoms with E-state index in [9.17, 15) is 13.9 Å². The Morgan fingerprint density at radius 1 is 1.15 bits per heavy atom. The van der Waals surface area contributed by atoms with Crippen molar-refractivity contribution in [1.29, 1.82) is 0 Å². The number of allylic oxidation sites excluding steroid dienone is 4. The number of anilines is 1. The molecule has 7 nitrogen and oxygen atoms in total. The molecule has 0 amide bonds. The number of aromatic nitrogens is 2. The molecule has 2 fully saturated rings. The largest absolute Gasteiger partial charge is 0.435 e. The maximum absolute atomic E-state index is 13.3. The smallest absolute Gasteiger partial charge is 0.387 e. The van der Waals surface area contributed by atoms with E-state index < -0.39 is 18.1 Å². The van der Waals surface area contributed by atoms with Gasteiger partial charge >= 0.3 is 6.61 Å². The van der Waals surface area contributed by atoms with Crippen LogP contribution in [0.4, 0.5) is 14.7 Å². The molecule has 0 spiro atoms. The Morgan fingerprint density at radius 2 is 1.85 bits per heavy atom. The number of halogens is 2. The molecule has 1 aromatic carbocycles. The van der Waals surface area contributed by atoms with E-state index in [1.165, 1.54) is 6.07 Å². The number of fused-ring (bicyclic) bond motifs is 2. The zero-order valence-electron chi connectivity index (χ0n) is 22.3. The van der Waals surface area contributed by atoms with Crippen LogP contribution in [0.3, 0.4) is 0 Å². The third kappa shape index (κ3) is 4.63. The standard InChI is InChI=1S/C31H32F2N4O3/c1-4-26-28(25(13-31(26,3)38)24-7-5-6-8-27(24)40-29(32)33)36-16-20(10-9-19(36)2)21-14-34-30(35-15-21)37-22-11-12-23(37)18-39-17-22/h4-10,14-16,22-23,25,29,38H,1-2,11-13,17-18H2,3H3. The molecule has 6 rings (SSSR count). The fourth-order valence-electron chi connectivity index (χ4n) is 6.40.